The van der Waals surface area contributed by atoms with Gasteiger partial charge in [-0.2, -0.15) is 0 Å². The van der Waals surface area contributed by atoms with E-state index in [4.69, 9.17) is 9.47 Å². The second kappa shape index (κ2) is 9.57. The van der Waals surface area contributed by atoms with Crippen LogP contribution in [0.3, 0.4) is 0 Å². The van der Waals surface area contributed by atoms with E-state index >= 15 is 0 Å². The lowest BCUT2D eigenvalue weighted by Gasteiger charge is -2.10. The Labute approximate surface area is 143 Å². The summed E-state index contributed by atoms with van der Waals surface area (Å²) in [4.78, 5) is 11.8. The molecule has 0 bridgehead atoms. The Morgan fingerprint density at radius 1 is 0.958 bits per heavy atom. The lowest BCUT2D eigenvalue weighted by Crippen LogP contribution is -2.34. The van der Waals surface area contributed by atoms with Crippen LogP contribution in [0, 0.1) is 0 Å². The number of amides is 1. The molecule has 0 aliphatic carbocycles. The predicted octanol–water partition coefficient (Wildman–Crippen LogP) is 2.15. The summed E-state index contributed by atoms with van der Waals surface area (Å²) in [6.07, 6.45) is 0.836. The summed E-state index contributed by atoms with van der Waals surface area (Å²) in [6, 6.07) is 15.8. The van der Waals surface area contributed by atoms with Crippen molar-refractivity contribution < 1.29 is 14.3 Å². The Morgan fingerprint density at radius 2 is 1.71 bits per heavy atom. The first-order chi connectivity index (χ1) is 11.7. The lowest BCUT2D eigenvalue weighted by atomic mass is 10.1. The zero-order valence-electron chi connectivity index (χ0n) is 14.2. The average molecular weight is 328 g/mol. The summed E-state index contributed by atoms with van der Waals surface area (Å²) in [5.74, 6) is 1.37. The molecule has 128 valence electrons. The molecule has 5 nitrogen and oxygen atoms in total. The quantitative estimate of drug-likeness (QED) is 0.740. The maximum atomic E-state index is 11.8. The summed E-state index contributed by atoms with van der Waals surface area (Å²) in [5, 5.41) is 6.04. The van der Waals surface area contributed by atoms with Gasteiger partial charge < -0.3 is 20.1 Å². The number of hydrogen-bond acceptors (Lipinski definition) is 4. The molecule has 0 unspecified atom stereocenters. The first kappa shape index (κ1) is 17.8. The molecule has 2 aromatic carbocycles. The molecule has 0 aliphatic rings. The molecule has 0 aromatic heterocycles. The minimum Gasteiger partial charge on any atom is -0.493 e. The largest absolute Gasteiger partial charge is 0.493 e. The van der Waals surface area contributed by atoms with Crippen molar-refractivity contribution in [3.8, 4) is 11.5 Å². The molecule has 5 heteroatoms. The van der Waals surface area contributed by atoms with Gasteiger partial charge in [-0.1, -0.05) is 36.4 Å². The second-order valence-corrected chi connectivity index (χ2v) is 5.38. The number of methoxy groups -OCH3 is 2. The third-order valence-electron chi connectivity index (χ3n) is 3.64. The van der Waals surface area contributed by atoms with Crippen molar-refractivity contribution in [1.29, 1.82) is 0 Å². The molecular weight excluding hydrogens is 304 g/mol. The highest BCUT2D eigenvalue weighted by atomic mass is 16.5. The van der Waals surface area contributed by atoms with E-state index in [0.29, 0.717) is 24.6 Å². The molecular formula is C19H24N2O3. The molecule has 24 heavy (non-hydrogen) atoms. The number of nitrogens with one attached hydrogen (secondary N) is 2. The summed E-state index contributed by atoms with van der Waals surface area (Å²) in [5.41, 5.74) is 2.25. The minimum atomic E-state index is -0.00796. The van der Waals surface area contributed by atoms with Gasteiger partial charge in [0.15, 0.2) is 11.5 Å². The van der Waals surface area contributed by atoms with Crippen molar-refractivity contribution in [3.63, 3.8) is 0 Å². The number of ether oxygens (including phenoxy) is 2. The van der Waals surface area contributed by atoms with Crippen molar-refractivity contribution in [1.82, 2.24) is 10.6 Å². The number of carbonyl (C=O) groups is 1. The SMILES string of the molecule is COc1ccc(CNCC(=O)NCCc2ccccc2)cc1OC. The maximum Gasteiger partial charge on any atom is 0.233 e. The van der Waals surface area contributed by atoms with Crippen LogP contribution in [0.4, 0.5) is 0 Å². The Morgan fingerprint density at radius 3 is 2.42 bits per heavy atom. The summed E-state index contributed by atoms with van der Waals surface area (Å²) >= 11 is 0. The van der Waals surface area contributed by atoms with Crippen LogP contribution in [0.5, 0.6) is 11.5 Å². The predicted molar refractivity (Wildman–Crippen MR) is 94.4 cm³/mol. The Kier molecular flexibility index (Phi) is 7.11. The van der Waals surface area contributed by atoms with E-state index in [-0.39, 0.29) is 12.5 Å². The smallest absolute Gasteiger partial charge is 0.233 e. The van der Waals surface area contributed by atoms with E-state index in [2.05, 4.69) is 22.8 Å². The Hall–Kier alpha value is -2.53. The van der Waals surface area contributed by atoms with Crippen LogP contribution in [-0.2, 0) is 17.8 Å². The van der Waals surface area contributed by atoms with Crippen LogP contribution < -0.4 is 20.1 Å². The van der Waals surface area contributed by atoms with Crippen LogP contribution in [0.15, 0.2) is 48.5 Å². The number of benzene rings is 2. The highest BCUT2D eigenvalue weighted by Gasteiger charge is 2.05. The average Bonchev–Trinajstić information content (AvgIpc) is 2.62. The molecule has 0 atom stereocenters. The summed E-state index contributed by atoms with van der Waals surface area (Å²) < 4.78 is 10.5. The molecule has 0 saturated carbocycles. The van der Waals surface area contributed by atoms with Crippen molar-refractivity contribution in [2.24, 2.45) is 0 Å². The molecule has 2 rings (SSSR count). The molecule has 0 spiro atoms. The standard InChI is InChI=1S/C19H24N2O3/c1-23-17-9-8-16(12-18(17)24-2)13-20-14-19(22)21-11-10-15-6-4-3-5-7-15/h3-9,12,20H,10-11,13-14H2,1-2H3,(H,21,22). The molecule has 0 aliphatic heterocycles. The van der Waals surface area contributed by atoms with Crippen molar-refractivity contribution >= 4 is 5.91 Å². The fraction of sp³-hybridized carbons (Fsp3) is 0.316. The van der Waals surface area contributed by atoms with Gasteiger partial charge in [0, 0.05) is 13.1 Å². The van der Waals surface area contributed by atoms with E-state index in [1.807, 2.05) is 36.4 Å². The van der Waals surface area contributed by atoms with Crippen molar-refractivity contribution in [2.75, 3.05) is 27.3 Å². The normalized spacial score (nSPS) is 10.2. The van der Waals surface area contributed by atoms with E-state index in [1.165, 1.54) is 5.56 Å². The maximum absolute atomic E-state index is 11.8. The van der Waals surface area contributed by atoms with Gasteiger partial charge >= 0.3 is 0 Å². The number of hydrogen-bond donors (Lipinski definition) is 2. The van der Waals surface area contributed by atoms with Gasteiger partial charge in [-0.05, 0) is 29.7 Å². The lowest BCUT2D eigenvalue weighted by molar-refractivity contribution is -0.120. The van der Waals surface area contributed by atoms with Crippen LogP contribution in [0.2, 0.25) is 0 Å². The molecule has 0 radical (unpaired) electrons. The van der Waals surface area contributed by atoms with E-state index in [0.717, 1.165) is 12.0 Å². The van der Waals surface area contributed by atoms with Gasteiger partial charge in [-0.25, -0.2) is 0 Å². The Bertz CT molecular complexity index is 644. The zero-order chi connectivity index (χ0) is 17.2. The molecule has 1 amide bonds. The molecule has 0 saturated heterocycles. The highest BCUT2D eigenvalue weighted by molar-refractivity contribution is 5.77. The second-order valence-electron chi connectivity index (χ2n) is 5.38. The van der Waals surface area contributed by atoms with Gasteiger partial charge in [0.25, 0.3) is 0 Å². The van der Waals surface area contributed by atoms with Gasteiger partial charge in [0.05, 0.1) is 20.8 Å². The van der Waals surface area contributed by atoms with Gasteiger partial charge in [0.1, 0.15) is 0 Å². The third-order valence-corrected chi connectivity index (χ3v) is 3.64. The molecule has 0 fully saturated rings. The first-order valence-electron chi connectivity index (χ1n) is 7.95. The van der Waals surface area contributed by atoms with Crippen molar-refractivity contribution in [2.45, 2.75) is 13.0 Å². The van der Waals surface area contributed by atoms with Crippen LogP contribution in [0.1, 0.15) is 11.1 Å². The molecule has 2 aromatic rings. The molecule has 2 N–H and O–H groups in total. The third kappa shape index (κ3) is 5.59. The van der Waals surface area contributed by atoms with E-state index < -0.39 is 0 Å². The summed E-state index contributed by atoms with van der Waals surface area (Å²) in [6.45, 7) is 1.51. The van der Waals surface area contributed by atoms with Crippen molar-refractivity contribution in [3.05, 3.63) is 59.7 Å². The highest BCUT2D eigenvalue weighted by Crippen LogP contribution is 2.27. The Balaban J connectivity index is 1.69. The molecule has 0 heterocycles. The number of rotatable bonds is 9. The fourth-order valence-corrected chi connectivity index (χ4v) is 2.36. The van der Waals surface area contributed by atoms with Crippen LogP contribution in [-0.4, -0.2) is 33.2 Å². The van der Waals surface area contributed by atoms with E-state index in [1.54, 1.807) is 14.2 Å². The first-order valence-corrected chi connectivity index (χ1v) is 7.95. The van der Waals surface area contributed by atoms with Gasteiger partial charge in [0.2, 0.25) is 5.91 Å². The summed E-state index contributed by atoms with van der Waals surface area (Å²) in [7, 11) is 3.21. The zero-order valence-corrected chi connectivity index (χ0v) is 14.2. The topological polar surface area (TPSA) is 59.6 Å². The minimum absolute atomic E-state index is 0.00796. The van der Waals surface area contributed by atoms with Crippen LogP contribution >= 0.6 is 0 Å². The number of carbonyl (C=O) groups excluding carboxylic acids is 1. The van der Waals surface area contributed by atoms with E-state index in [9.17, 15) is 4.79 Å². The van der Waals surface area contributed by atoms with Gasteiger partial charge in [-0.3, -0.25) is 4.79 Å². The fourth-order valence-electron chi connectivity index (χ4n) is 2.36. The van der Waals surface area contributed by atoms with Gasteiger partial charge in [-0.15, -0.1) is 0 Å². The monoisotopic (exact) mass is 328 g/mol. The van der Waals surface area contributed by atoms with Crippen LogP contribution in [0.25, 0.3) is 0 Å².